The molecular weight excluding hydrogens is 563 g/mol. The molecule has 0 saturated carbocycles. The molecule has 0 bridgehead atoms. The molecule has 38 heavy (non-hydrogen) atoms. The first-order chi connectivity index (χ1) is 18.1. The molecule has 0 atom stereocenters. The monoisotopic (exact) mass is 604 g/mol. The van der Waals surface area contributed by atoms with Gasteiger partial charge in [0.1, 0.15) is 0 Å². The third kappa shape index (κ3) is 5.06. The van der Waals surface area contributed by atoms with Crippen LogP contribution in [0.25, 0.3) is 0 Å². The second-order valence-electron chi connectivity index (χ2n) is 11.4. The maximum atomic E-state index is 6.99. The summed E-state index contributed by atoms with van der Waals surface area (Å²) in [5.74, 6) is 1.01. The molecule has 0 saturated heterocycles. The van der Waals surface area contributed by atoms with Crippen LogP contribution in [0.4, 0.5) is 0 Å². The zero-order valence-corrected chi connectivity index (χ0v) is 27.1. The summed E-state index contributed by atoms with van der Waals surface area (Å²) in [6, 6.07) is 42.0. The van der Waals surface area contributed by atoms with E-state index < -0.39 is 13.6 Å². The molecule has 1 nitrogen and oxygen atoms in total. The van der Waals surface area contributed by atoms with Crippen molar-refractivity contribution in [2.45, 2.75) is 64.3 Å². The van der Waals surface area contributed by atoms with Gasteiger partial charge in [0, 0.05) is 0 Å². The predicted molar refractivity (Wildman–Crippen MR) is 176 cm³/mol. The molecule has 4 aromatic carbocycles. The summed E-state index contributed by atoms with van der Waals surface area (Å²) < 4.78 is 6.99. The Morgan fingerprint density at radius 3 is 1.21 bits per heavy atom. The summed E-state index contributed by atoms with van der Waals surface area (Å²) in [6.45, 7) is 14.0. The second kappa shape index (κ2) is 11.5. The van der Waals surface area contributed by atoms with Gasteiger partial charge < -0.3 is 0 Å². The molecule has 0 amide bonds. The molecule has 0 aliphatic carbocycles. The van der Waals surface area contributed by atoms with Gasteiger partial charge in [0.05, 0.1) is 0 Å². The standard InChI is InChI=1S/C34H42BrOPSi/c1-27(2)38(28(3)4,29(5)6)36-31-24-22-30(23-25-31)26-37(35,32-16-10-7-11-17-32,33-18-12-8-13-19-33)34-20-14-9-15-21-34/h7-25,27-29H,26H2,1-6H3. The Morgan fingerprint density at radius 1 is 0.553 bits per heavy atom. The Morgan fingerprint density at radius 2 is 0.895 bits per heavy atom. The van der Waals surface area contributed by atoms with Gasteiger partial charge in [-0.1, -0.05) is 0 Å². The number of benzene rings is 4. The van der Waals surface area contributed by atoms with Crippen LogP contribution in [0.3, 0.4) is 0 Å². The minimum atomic E-state index is -3.02. The van der Waals surface area contributed by atoms with Gasteiger partial charge in [-0.05, 0) is 0 Å². The van der Waals surface area contributed by atoms with E-state index in [0.29, 0.717) is 16.6 Å². The Hall–Kier alpha value is -2.19. The molecular formula is C34H42BrOPSi. The quantitative estimate of drug-likeness (QED) is 0.129. The van der Waals surface area contributed by atoms with Gasteiger partial charge >= 0.3 is 240 Å². The van der Waals surface area contributed by atoms with E-state index in [4.69, 9.17) is 4.43 Å². The Bertz CT molecular complexity index is 1180. The van der Waals surface area contributed by atoms with E-state index in [2.05, 4.69) is 172 Å². The fraction of sp³-hybridized carbons (Fsp3) is 0.294. The molecule has 0 aliphatic rings. The molecule has 0 aliphatic heterocycles. The number of halogens is 1. The summed E-state index contributed by atoms with van der Waals surface area (Å²) in [4.78, 5) is 0. The van der Waals surface area contributed by atoms with Gasteiger partial charge in [-0.3, -0.25) is 0 Å². The van der Waals surface area contributed by atoms with E-state index in [1.807, 2.05) is 0 Å². The molecule has 0 N–H and O–H groups in total. The second-order valence-corrected chi connectivity index (χ2v) is 25.7. The van der Waals surface area contributed by atoms with Crippen molar-refractivity contribution in [1.82, 2.24) is 0 Å². The van der Waals surface area contributed by atoms with E-state index in [1.165, 1.54) is 21.5 Å². The van der Waals surface area contributed by atoms with Crippen LogP contribution in [-0.2, 0) is 6.16 Å². The van der Waals surface area contributed by atoms with E-state index in [9.17, 15) is 0 Å². The van der Waals surface area contributed by atoms with E-state index in [1.54, 1.807) is 0 Å². The number of hydrogen-bond donors (Lipinski definition) is 0. The first kappa shape index (κ1) is 28.8. The fourth-order valence-corrected chi connectivity index (χ4v) is 19.5. The molecule has 0 heterocycles. The summed E-state index contributed by atoms with van der Waals surface area (Å²) in [5.41, 5.74) is 2.93. The molecule has 4 heteroatoms. The van der Waals surface area contributed by atoms with Crippen LogP contribution in [0.1, 0.15) is 47.1 Å². The molecule has 200 valence electrons. The van der Waals surface area contributed by atoms with E-state index in [-0.39, 0.29) is 0 Å². The van der Waals surface area contributed by atoms with Crippen molar-refractivity contribution in [3.8, 4) is 5.75 Å². The molecule has 0 unspecified atom stereocenters. The summed E-state index contributed by atoms with van der Waals surface area (Å²) in [7, 11) is -2.01. The van der Waals surface area contributed by atoms with Crippen molar-refractivity contribution >= 4 is 45.0 Å². The van der Waals surface area contributed by atoms with E-state index >= 15 is 0 Å². The van der Waals surface area contributed by atoms with Crippen molar-refractivity contribution in [2.24, 2.45) is 0 Å². The zero-order chi connectivity index (χ0) is 27.4. The molecule has 0 fully saturated rings. The SMILES string of the molecule is CC(C)[Si](Oc1ccc(CP(Br)(c2ccccc2)(c2ccccc2)c2ccccc2)cc1)(C(C)C)C(C)C. The van der Waals surface area contributed by atoms with Crippen LogP contribution in [-0.4, -0.2) is 8.32 Å². The van der Waals surface area contributed by atoms with Gasteiger partial charge in [-0.2, -0.15) is 0 Å². The van der Waals surface area contributed by atoms with Crippen LogP contribution in [0.15, 0.2) is 115 Å². The Labute approximate surface area is 239 Å². The summed E-state index contributed by atoms with van der Waals surface area (Å²) >= 11 is 4.58. The van der Waals surface area contributed by atoms with Crippen molar-refractivity contribution < 1.29 is 4.43 Å². The van der Waals surface area contributed by atoms with Crippen molar-refractivity contribution in [3.63, 3.8) is 0 Å². The first-order valence-corrected chi connectivity index (χ1v) is 20.4. The average Bonchev–Trinajstić information content (AvgIpc) is 2.93. The topological polar surface area (TPSA) is 9.23 Å². The predicted octanol–water partition coefficient (Wildman–Crippen LogP) is 9.58. The van der Waals surface area contributed by atoms with Crippen molar-refractivity contribution in [1.29, 1.82) is 0 Å². The van der Waals surface area contributed by atoms with Crippen LogP contribution in [0.5, 0.6) is 5.75 Å². The average molecular weight is 606 g/mol. The van der Waals surface area contributed by atoms with E-state index in [0.717, 1.165) is 11.9 Å². The minimum absolute atomic E-state index is 0.543. The molecule has 0 radical (unpaired) electrons. The fourth-order valence-electron chi connectivity index (χ4n) is 6.50. The zero-order valence-electron chi connectivity index (χ0n) is 23.6. The Balaban J connectivity index is 1.84. The summed E-state index contributed by atoms with van der Waals surface area (Å²) in [6.07, 6.45) is 0.880. The summed E-state index contributed by atoms with van der Waals surface area (Å²) in [5, 5.41) is 0.983. The van der Waals surface area contributed by atoms with Gasteiger partial charge in [0.25, 0.3) is 0 Å². The van der Waals surface area contributed by atoms with Crippen LogP contribution < -0.4 is 20.3 Å². The van der Waals surface area contributed by atoms with Crippen molar-refractivity contribution in [3.05, 3.63) is 121 Å². The third-order valence-corrected chi connectivity index (χ3v) is 23.8. The Kier molecular flexibility index (Phi) is 8.72. The van der Waals surface area contributed by atoms with Crippen LogP contribution >= 0.6 is 20.8 Å². The van der Waals surface area contributed by atoms with Crippen molar-refractivity contribution in [2.75, 3.05) is 0 Å². The molecule has 4 rings (SSSR count). The molecule has 4 aromatic rings. The molecule has 0 spiro atoms. The van der Waals surface area contributed by atoms with Gasteiger partial charge in [0.2, 0.25) is 0 Å². The first-order valence-electron chi connectivity index (χ1n) is 13.8. The third-order valence-electron chi connectivity index (χ3n) is 8.29. The normalized spacial score (nSPS) is 13.5. The van der Waals surface area contributed by atoms with Gasteiger partial charge in [-0.25, -0.2) is 0 Å². The number of hydrogen-bond acceptors (Lipinski definition) is 1. The molecule has 0 aromatic heterocycles. The van der Waals surface area contributed by atoms with Crippen LogP contribution in [0, 0.1) is 0 Å². The van der Waals surface area contributed by atoms with Crippen LogP contribution in [0.2, 0.25) is 16.6 Å². The van der Waals surface area contributed by atoms with Gasteiger partial charge in [0.15, 0.2) is 0 Å². The van der Waals surface area contributed by atoms with Gasteiger partial charge in [-0.15, -0.1) is 0 Å². The number of rotatable bonds is 10. The maximum absolute atomic E-state index is 6.99.